The van der Waals surface area contributed by atoms with E-state index in [9.17, 15) is 9.90 Å². The van der Waals surface area contributed by atoms with Gasteiger partial charge in [-0.05, 0) is 5.56 Å². The van der Waals surface area contributed by atoms with Crippen LogP contribution in [0.1, 0.15) is 5.56 Å². The van der Waals surface area contributed by atoms with Crippen LogP contribution in [0.25, 0.3) is 0 Å². The molecule has 0 heterocycles. The van der Waals surface area contributed by atoms with Gasteiger partial charge < -0.3 is 15.0 Å². The summed E-state index contributed by atoms with van der Waals surface area (Å²) in [5.74, 6) is -1.43. The molecule has 1 N–H and O–H groups in total. The predicted octanol–water partition coefficient (Wildman–Crippen LogP) is -0.660. The number of benzene rings is 1. The highest BCUT2D eigenvalue weighted by molar-refractivity contribution is 5.70. The van der Waals surface area contributed by atoms with Crippen molar-refractivity contribution in [1.29, 1.82) is 0 Å². The molecule has 64 valence electrons. The number of hydrogen-bond acceptors (Lipinski definition) is 3. The zero-order chi connectivity index (χ0) is 8.97. The molecular weight excluding hydrogens is 156 g/mol. The van der Waals surface area contributed by atoms with Crippen molar-refractivity contribution < 1.29 is 15.0 Å². The molecule has 1 atom stereocenters. The lowest BCUT2D eigenvalue weighted by molar-refractivity contribution is -0.314. The molecule has 12 heavy (non-hydrogen) atoms. The maximum atomic E-state index is 10.1. The van der Waals surface area contributed by atoms with E-state index in [0.29, 0.717) is 0 Å². The summed E-state index contributed by atoms with van der Waals surface area (Å²) < 4.78 is 0. The molecule has 0 amide bonds. The third kappa shape index (κ3) is 2.36. The fourth-order valence-corrected chi connectivity index (χ4v) is 0.921. The van der Waals surface area contributed by atoms with Crippen LogP contribution < -0.4 is 5.11 Å². The van der Waals surface area contributed by atoms with E-state index in [4.69, 9.17) is 5.11 Å². The maximum absolute atomic E-state index is 10.1. The van der Waals surface area contributed by atoms with Crippen LogP contribution in [0.4, 0.5) is 0 Å². The summed E-state index contributed by atoms with van der Waals surface area (Å²) in [6, 6.07) is 8.92. The lowest BCUT2D eigenvalue weighted by Crippen LogP contribution is -2.36. The van der Waals surface area contributed by atoms with E-state index >= 15 is 0 Å². The average molecular weight is 165 g/mol. The third-order valence-corrected chi connectivity index (χ3v) is 1.54. The second-order valence-electron chi connectivity index (χ2n) is 2.52. The van der Waals surface area contributed by atoms with Crippen molar-refractivity contribution in [3.63, 3.8) is 0 Å². The van der Waals surface area contributed by atoms with Gasteiger partial charge in [0.15, 0.2) is 0 Å². The minimum atomic E-state index is -1.43. The Balaban J connectivity index is 2.58. The second kappa shape index (κ2) is 3.88. The van der Waals surface area contributed by atoms with Gasteiger partial charge in [-0.25, -0.2) is 0 Å². The summed E-state index contributed by atoms with van der Waals surface area (Å²) in [5, 5.41) is 19.1. The smallest absolute Gasteiger partial charge is 0.0973 e. The highest BCUT2D eigenvalue weighted by atomic mass is 16.4. The van der Waals surface area contributed by atoms with Gasteiger partial charge in [0.2, 0.25) is 0 Å². The van der Waals surface area contributed by atoms with E-state index in [0.717, 1.165) is 5.56 Å². The van der Waals surface area contributed by atoms with Gasteiger partial charge >= 0.3 is 0 Å². The Morgan fingerprint density at radius 1 is 1.42 bits per heavy atom. The second-order valence-corrected chi connectivity index (χ2v) is 2.52. The topological polar surface area (TPSA) is 60.4 Å². The van der Waals surface area contributed by atoms with E-state index in [-0.39, 0.29) is 6.42 Å². The van der Waals surface area contributed by atoms with Crippen LogP contribution in [0.5, 0.6) is 0 Å². The first-order valence-corrected chi connectivity index (χ1v) is 3.63. The number of carbonyl (C=O) groups excluding carboxylic acids is 1. The minimum Gasteiger partial charge on any atom is -0.547 e. The summed E-state index contributed by atoms with van der Waals surface area (Å²) in [7, 11) is 0. The largest absolute Gasteiger partial charge is 0.547 e. The van der Waals surface area contributed by atoms with Crippen molar-refractivity contribution in [1.82, 2.24) is 0 Å². The average Bonchev–Trinajstić information content (AvgIpc) is 2.06. The molecule has 1 aromatic carbocycles. The van der Waals surface area contributed by atoms with E-state index in [2.05, 4.69) is 0 Å². The monoisotopic (exact) mass is 165 g/mol. The molecule has 1 rings (SSSR count). The molecule has 0 radical (unpaired) electrons. The van der Waals surface area contributed by atoms with Crippen molar-refractivity contribution in [2.75, 3.05) is 0 Å². The summed E-state index contributed by atoms with van der Waals surface area (Å²) in [4.78, 5) is 10.1. The van der Waals surface area contributed by atoms with Crippen LogP contribution in [-0.4, -0.2) is 17.2 Å². The molecular formula is C9H9O3-. The van der Waals surface area contributed by atoms with Gasteiger partial charge in [-0.15, -0.1) is 0 Å². The van der Waals surface area contributed by atoms with Gasteiger partial charge in [-0.1, -0.05) is 30.3 Å². The van der Waals surface area contributed by atoms with Crippen molar-refractivity contribution >= 4 is 5.97 Å². The molecule has 0 spiro atoms. The summed E-state index contributed by atoms with van der Waals surface area (Å²) in [5.41, 5.74) is 0.786. The fourth-order valence-electron chi connectivity index (χ4n) is 0.921. The van der Waals surface area contributed by atoms with Gasteiger partial charge in [0, 0.05) is 6.42 Å². The predicted molar refractivity (Wildman–Crippen MR) is 41.2 cm³/mol. The molecule has 1 unspecified atom stereocenters. The van der Waals surface area contributed by atoms with Crippen molar-refractivity contribution in [2.24, 2.45) is 0 Å². The van der Waals surface area contributed by atoms with E-state index in [1.165, 1.54) is 0 Å². The molecule has 0 saturated carbocycles. The SMILES string of the molecule is O=C([O-])C(O)Cc1ccccc1. The zero-order valence-corrected chi connectivity index (χ0v) is 6.43. The number of carboxylic acid groups (broad SMARTS) is 1. The van der Waals surface area contributed by atoms with Crippen LogP contribution in [0.3, 0.4) is 0 Å². The first kappa shape index (κ1) is 8.74. The number of aliphatic carboxylic acids is 1. The molecule has 0 saturated heterocycles. The number of aliphatic hydroxyl groups excluding tert-OH is 1. The maximum Gasteiger partial charge on any atom is 0.0973 e. The Labute approximate surface area is 70.3 Å². The Hall–Kier alpha value is -1.35. The first-order chi connectivity index (χ1) is 5.70. The molecule has 3 heteroatoms. The molecule has 0 bridgehead atoms. The molecule has 3 nitrogen and oxygen atoms in total. The quantitative estimate of drug-likeness (QED) is 0.646. The van der Waals surface area contributed by atoms with Crippen molar-refractivity contribution in [3.8, 4) is 0 Å². The minimum absolute atomic E-state index is 0.100. The van der Waals surface area contributed by atoms with Crippen LogP contribution in [0, 0.1) is 0 Å². The van der Waals surface area contributed by atoms with Crippen molar-refractivity contribution in [3.05, 3.63) is 35.9 Å². The molecule has 0 aromatic heterocycles. The third-order valence-electron chi connectivity index (χ3n) is 1.54. The van der Waals surface area contributed by atoms with Gasteiger partial charge in [-0.2, -0.15) is 0 Å². The molecule has 0 fully saturated rings. The summed E-state index contributed by atoms with van der Waals surface area (Å²) in [6.07, 6.45) is -1.31. The highest BCUT2D eigenvalue weighted by Gasteiger charge is 2.04. The molecule has 0 aliphatic heterocycles. The van der Waals surface area contributed by atoms with E-state index in [1.807, 2.05) is 6.07 Å². The number of carbonyl (C=O) groups is 1. The van der Waals surface area contributed by atoms with Crippen LogP contribution in [0.15, 0.2) is 30.3 Å². The number of rotatable bonds is 3. The Morgan fingerprint density at radius 3 is 2.50 bits per heavy atom. The molecule has 0 aliphatic rings. The molecule has 0 aliphatic carbocycles. The van der Waals surface area contributed by atoms with Gasteiger partial charge in [0.05, 0.1) is 12.1 Å². The zero-order valence-electron chi connectivity index (χ0n) is 6.43. The first-order valence-electron chi connectivity index (χ1n) is 3.63. The lowest BCUT2D eigenvalue weighted by Gasteiger charge is -2.10. The van der Waals surface area contributed by atoms with E-state index in [1.54, 1.807) is 24.3 Å². The number of aliphatic hydroxyl groups is 1. The van der Waals surface area contributed by atoms with Crippen LogP contribution in [0.2, 0.25) is 0 Å². The standard InChI is InChI=1S/C9H10O3/c10-8(9(11)12)6-7-4-2-1-3-5-7/h1-5,8,10H,6H2,(H,11,12)/p-1. The van der Waals surface area contributed by atoms with Crippen molar-refractivity contribution in [2.45, 2.75) is 12.5 Å². The lowest BCUT2D eigenvalue weighted by atomic mass is 10.1. The van der Waals surface area contributed by atoms with Crippen LogP contribution in [-0.2, 0) is 11.2 Å². The summed E-state index contributed by atoms with van der Waals surface area (Å²) in [6.45, 7) is 0. The number of carboxylic acids is 1. The fraction of sp³-hybridized carbons (Fsp3) is 0.222. The van der Waals surface area contributed by atoms with Gasteiger partial charge in [0.1, 0.15) is 0 Å². The highest BCUT2D eigenvalue weighted by Crippen LogP contribution is 2.01. The molecule has 1 aromatic rings. The Bertz CT molecular complexity index is 256. The summed E-state index contributed by atoms with van der Waals surface area (Å²) >= 11 is 0. The number of hydrogen-bond donors (Lipinski definition) is 1. The van der Waals surface area contributed by atoms with Gasteiger partial charge in [-0.3, -0.25) is 0 Å². The Morgan fingerprint density at radius 2 is 2.00 bits per heavy atom. The van der Waals surface area contributed by atoms with E-state index < -0.39 is 12.1 Å². The van der Waals surface area contributed by atoms with Gasteiger partial charge in [0.25, 0.3) is 0 Å². The normalized spacial score (nSPS) is 12.4. The Kier molecular flexibility index (Phi) is 2.82. The van der Waals surface area contributed by atoms with Crippen LogP contribution >= 0.6 is 0 Å².